The summed E-state index contributed by atoms with van der Waals surface area (Å²) in [4.78, 5) is 12.0. The number of amides is 1. The van der Waals surface area contributed by atoms with Gasteiger partial charge < -0.3 is 14.8 Å². The van der Waals surface area contributed by atoms with Crippen molar-refractivity contribution >= 4 is 11.6 Å². The number of hydrogen-bond acceptors (Lipinski definition) is 3. The summed E-state index contributed by atoms with van der Waals surface area (Å²) in [5, 5.41) is 2.15. The molecule has 0 aliphatic heterocycles. The first kappa shape index (κ1) is 16.7. The molecular formula is C16H14F3NO3. The van der Waals surface area contributed by atoms with E-state index in [4.69, 9.17) is 9.47 Å². The van der Waals surface area contributed by atoms with Crippen molar-refractivity contribution < 1.29 is 27.4 Å². The Morgan fingerprint density at radius 1 is 1.09 bits per heavy atom. The Morgan fingerprint density at radius 2 is 1.78 bits per heavy atom. The van der Waals surface area contributed by atoms with Crippen molar-refractivity contribution in [1.82, 2.24) is 0 Å². The molecule has 2 rings (SSSR count). The molecule has 1 amide bonds. The summed E-state index contributed by atoms with van der Waals surface area (Å²) in [6.45, 7) is 1.44. The number of methoxy groups -OCH3 is 1. The van der Waals surface area contributed by atoms with Crippen molar-refractivity contribution in [2.24, 2.45) is 0 Å². The van der Waals surface area contributed by atoms with Gasteiger partial charge in [0.05, 0.1) is 12.8 Å². The Morgan fingerprint density at radius 3 is 2.48 bits per heavy atom. The highest BCUT2D eigenvalue weighted by molar-refractivity contribution is 5.94. The molecule has 0 aliphatic rings. The van der Waals surface area contributed by atoms with Crippen LogP contribution in [0.25, 0.3) is 0 Å². The predicted octanol–water partition coefficient (Wildman–Crippen LogP) is 3.52. The molecule has 7 heteroatoms. The van der Waals surface area contributed by atoms with E-state index in [1.165, 1.54) is 14.0 Å². The lowest BCUT2D eigenvalue weighted by atomic mass is 10.2. The third kappa shape index (κ3) is 3.94. The standard InChI is InChI=1S/C16H14F3NO3/c1-9(23-11-5-3-4-10(8-11)22-2)16(21)20-13-7-6-12(17)14(18)15(13)19/h3-9H,1-2H3,(H,20,21). The molecule has 1 atom stereocenters. The molecule has 0 radical (unpaired) electrons. The van der Waals surface area contributed by atoms with Gasteiger partial charge in [-0.05, 0) is 31.2 Å². The second kappa shape index (κ2) is 7.04. The van der Waals surface area contributed by atoms with Crippen LogP contribution in [0, 0.1) is 17.5 Å². The van der Waals surface area contributed by atoms with Crippen molar-refractivity contribution in [2.45, 2.75) is 13.0 Å². The molecule has 122 valence electrons. The van der Waals surface area contributed by atoms with E-state index in [2.05, 4.69) is 5.32 Å². The van der Waals surface area contributed by atoms with Gasteiger partial charge in [-0.1, -0.05) is 6.07 Å². The number of hydrogen-bond donors (Lipinski definition) is 1. The second-order valence-corrected chi connectivity index (χ2v) is 4.65. The summed E-state index contributed by atoms with van der Waals surface area (Å²) in [6.07, 6.45) is -0.991. The quantitative estimate of drug-likeness (QED) is 0.856. The number of carbonyl (C=O) groups excluding carboxylic acids is 1. The van der Waals surface area contributed by atoms with E-state index in [-0.39, 0.29) is 0 Å². The number of rotatable bonds is 5. The Bertz CT molecular complexity index is 722. The molecular weight excluding hydrogens is 311 g/mol. The largest absolute Gasteiger partial charge is 0.497 e. The molecule has 0 spiro atoms. The number of ether oxygens (including phenoxy) is 2. The minimum atomic E-state index is -1.65. The third-order valence-corrected chi connectivity index (χ3v) is 3.02. The van der Waals surface area contributed by atoms with E-state index < -0.39 is 35.2 Å². The molecule has 1 N–H and O–H groups in total. The highest BCUT2D eigenvalue weighted by atomic mass is 19.2. The molecule has 0 saturated heterocycles. The zero-order valence-corrected chi connectivity index (χ0v) is 12.4. The molecule has 2 aromatic carbocycles. The monoisotopic (exact) mass is 325 g/mol. The Balaban J connectivity index is 2.07. The van der Waals surface area contributed by atoms with Gasteiger partial charge in [-0.2, -0.15) is 0 Å². The van der Waals surface area contributed by atoms with Crippen molar-refractivity contribution in [2.75, 3.05) is 12.4 Å². The average Bonchev–Trinajstić information content (AvgIpc) is 2.55. The van der Waals surface area contributed by atoms with Gasteiger partial charge in [0.2, 0.25) is 0 Å². The Hall–Kier alpha value is -2.70. The van der Waals surface area contributed by atoms with Crippen molar-refractivity contribution in [3.8, 4) is 11.5 Å². The SMILES string of the molecule is COc1cccc(OC(C)C(=O)Nc2ccc(F)c(F)c2F)c1. The third-order valence-electron chi connectivity index (χ3n) is 3.02. The first-order valence-corrected chi connectivity index (χ1v) is 6.67. The van der Waals surface area contributed by atoms with Crippen molar-refractivity contribution in [3.63, 3.8) is 0 Å². The van der Waals surface area contributed by atoms with Crippen LogP contribution in [0.4, 0.5) is 18.9 Å². The molecule has 1 unspecified atom stereocenters. The first-order chi connectivity index (χ1) is 10.9. The van der Waals surface area contributed by atoms with Gasteiger partial charge >= 0.3 is 0 Å². The number of carbonyl (C=O) groups is 1. The number of anilines is 1. The molecule has 0 aromatic heterocycles. The molecule has 4 nitrogen and oxygen atoms in total. The number of benzene rings is 2. The fourth-order valence-corrected chi connectivity index (χ4v) is 1.79. The predicted molar refractivity (Wildman–Crippen MR) is 78.0 cm³/mol. The van der Waals surface area contributed by atoms with Gasteiger partial charge in [-0.15, -0.1) is 0 Å². The van der Waals surface area contributed by atoms with Gasteiger partial charge in [0.1, 0.15) is 11.5 Å². The van der Waals surface area contributed by atoms with E-state index >= 15 is 0 Å². The lowest BCUT2D eigenvalue weighted by Gasteiger charge is -2.15. The fourth-order valence-electron chi connectivity index (χ4n) is 1.79. The van der Waals surface area contributed by atoms with Crippen LogP contribution >= 0.6 is 0 Å². The Labute approximate surface area is 130 Å². The lowest BCUT2D eigenvalue weighted by molar-refractivity contribution is -0.122. The summed E-state index contributed by atoms with van der Waals surface area (Å²) < 4.78 is 49.9. The van der Waals surface area contributed by atoms with E-state index in [1.54, 1.807) is 24.3 Å². The molecule has 23 heavy (non-hydrogen) atoms. The van der Waals surface area contributed by atoms with E-state index in [0.29, 0.717) is 11.5 Å². The summed E-state index contributed by atoms with van der Waals surface area (Å²) in [6, 6.07) is 8.22. The molecule has 0 heterocycles. The van der Waals surface area contributed by atoms with Crippen LogP contribution in [0.1, 0.15) is 6.92 Å². The average molecular weight is 325 g/mol. The summed E-state index contributed by atoms with van der Waals surface area (Å²) in [7, 11) is 1.49. The van der Waals surface area contributed by atoms with Crippen LogP contribution in [0.5, 0.6) is 11.5 Å². The van der Waals surface area contributed by atoms with Gasteiger partial charge in [-0.25, -0.2) is 13.2 Å². The van der Waals surface area contributed by atoms with Gasteiger partial charge in [0, 0.05) is 6.07 Å². The van der Waals surface area contributed by atoms with Crippen LogP contribution in [-0.4, -0.2) is 19.1 Å². The van der Waals surface area contributed by atoms with E-state index in [0.717, 1.165) is 12.1 Å². The maximum atomic E-state index is 13.5. The minimum Gasteiger partial charge on any atom is -0.497 e. The normalized spacial score (nSPS) is 11.7. The highest BCUT2D eigenvalue weighted by Crippen LogP contribution is 2.22. The molecule has 0 bridgehead atoms. The summed E-state index contributed by atoms with van der Waals surface area (Å²) >= 11 is 0. The topological polar surface area (TPSA) is 47.6 Å². The number of halogens is 3. The molecule has 2 aromatic rings. The van der Waals surface area contributed by atoms with Gasteiger partial charge in [0.15, 0.2) is 23.6 Å². The van der Waals surface area contributed by atoms with Crippen molar-refractivity contribution in [1.29, 1.82) is 0 Å². The smallest absolute Gasteiger partial charge is 0.265 e. The maximum Gasteiger partial charge on any atom is 0.265 e. The molecule has 0 fully saturated rings. The van der Waals surface area contributed by atoms with E-state index in [9.17, 15) is 18.0 Å². The summed E-state index contributed by atoms with van der Waals surface area (Å²) in [5.74, 6) is -4.24. The van der Waals surface area contributed by atoms with Crippen LogP contribution < -0.4 is 14.8 Å². The van der Waals surface area contributed by atoms with Crippen LogP contribution in [0.3, 0.4) is 0 Å². The molecule has 0 aliphatic carbocycles. The molecule has 0 saturated carbocycles. The summed E-state index contributed by atoms with van der Waals surface area (Å²) in [5.41, 5.74) is -0.463. The minimum absolute atomic E-state index is 0.373. The van der Waals surface area contributed by atoms with E-state index in [1.807, 2.05) is 0 Å². The van der Waals surface area contributed by atoms with Crippen LogP contribution in [0.2, 0.25) is 0 Å². The maximum absolute atomic E-state index is 13.5. The van der Waals surface area contributed by atoms with Crippen molar-refractivity contribution in [3.05, 3.63) is 53.8 Å². The zero-order valence-electron chi connectivity index (χ0n) is 12.4. The van der Waals surface area contributed by atoms with Gasteiger partial charge in [0.25, 0.3) is 5.91 Å². The zero-order chi connectivity index (χ0) is 17.0. The first-order valence-electron chi connectivity index (χ1n) is 6.67. The van der Waals surface area contributed by atoms with Crippen LogP contribution in [0.15, 0.2) is 36.4 Å². The highest BCUT2D eigenvalue weighted by Gasteiger charge is 2.19. The second-order valence-electron chi connectivity index (χ2n) is 4.65. The lowest BCUT2D eigenvalue weighted by Crippen LogP contribution is -2.30. The Kier molecular flexibility index (Phi) is 5.10. The fraction of sp³-hybridized carbons (Fsp3) is 0.188. The van der Waals surface area contributed by atoms with Gasteiger partial charge in [-0.3, -0.25) is 4.79 Å². The number of nitrogens with one attached hydrogen (secondary N) is 1. The van der Waals surface area contributed by atoms with Crippen LogP contribution in [-0.2, 0) is 4.79 Å².